The maximum atomic E-state index is 5.83. The summed E-state index contributed by atoms with van der Waals surface area (Å²) in [5.41, 5.74) is 1.40. The Kier molecular flexibility index (Phi) is 5.90. The Hall–Kier alpha value is -1.02. The lowest BCUT2D eigenvalue weighted by Crippen LogP contribution is -2.28. The molecule has 0 aliphatic heterocycles. The fourth-order valence-electron chi connectivity index (χ4n) is 2.75. The van der Waals surface area contributed by atoms with Crippen molar-refractivity contribution in [3.05, 3.63) is 29.8 Å². The van der Waals surface area contributed by atoms with Crippen LogP contribution in [0.3, 0.4) is 0 Å². The summed E-state index contributed by atoms with van der Waals surface area (Å²) < 4.78 is 5.83. The van der Waals surface area contributed by atoms with Crippen LogP contribution in [0.2, 0.25) is 0 Å². The molecular weight excluding hydrogens is 246 g/mol. The van der Waals surface area contributed by atoms with Crippen LogP contribution in [0.4, 0.5) is 0 Å². The smallest absolute Gasteiger partial charge is 0.119 e. The second-order valence-electron chi connectivity index (χ2n) is 5.89. The third-order valence-electron chi connectivity index (χ3n) is 4.20. The van der Waals surface area contributed by atoms with Crippen LogP contribution in [0.25, 0.3) is 0 Å². The Morgan fingerprint density at radius 2 is 1.75 bits per heavy atom. The van der Waals surface area contributed by atoms with Crippen molar-refractivity contribution in [2.45, 2.75) is 65.0 Å². The van der Waals surface area contributed by atoms with Gasteiger partial charge < -0.3 is 10.1 Å². The summed E-state index contributed by atoms with van der Waals surface area (Å²) in [4.78, 5) is 0. The molecule has 0 spiro atoms. The third kappa shape index (κ3) is 4.24. The molecule has 0 bridgehead atoms. The Bertz CT molecular complexity index is 379. The highest BCUT2D eigenvalue weighted by Gasteiger charge is 2.24. The molecule has 1 aliphatic carbocycles. The molecule has 2 heteroatoms. The van der Waals surface area contributed by atoms with Gasteiger partial charge in [0, 0.05) is 6.04 Å². The number of nitrogens with one attached hydrogen (secondary N) is 1. The number of hydrogen-bond acceptors (Lipinski definition) is 2. The number of rotatable bonds is 9. The number of hydrogen-bond donors (Lipinski definition) is 1. The molecule has 0 radical (unpaired) electrons. The van der Waals surface area contributed by atoms with Crippen LogP contribution in [0.15, 0.2) is 24.3 Å². The van der Waals surface area contributed by atoms with Crippen molar-refractivity contribution in [1.29, 1.82) is 0 Å². The Morgan fingerprint density at radius 1 is 1.10 bits per heavy atom. The minimum absolute atomic E-state index is 0.472. The first kappa shape index (κ1) is 15.4. The van der Waals surface area contributed by atoms with E-state index in [2.05, 4.69) is 50.4 Å². The molecule has 20 heavy (non-hydrogen) atoms. The van der Waals surface area contributed by atoms with E-state index in [9.17, 15) is 0 Å². The Balaban J connectivity index is 2.05. The van der Waals surface area contributed by atoms with Gasteiger partial charge in [-0.3, -0.25) is 0 Å². The van der Waals surface area contributed by atoms with E-state index in [0.29, 0.717) is 18.1 Å². The average molecular weight is 275 g/mol. The van der Waals surface area contributed by atoms with E-state index in [0.717, 1.165) is 12.3 Å². The maximum absolute atomic E-state index is 5.83. The van der Waals surface area contributed by atoms with Gasteiger partial charge in [0.1, 0.15) is 5.75 Å². The minimum atomic E-state index is 0.472. The summed E-state index contributed by atoms with van der Waals surface area (Å²) in [5.74, 6) is 1.73. The zero-order valence-electron chi connectivity index (χ0n) is 13.2. The monoisotopic (exact) mass is 275 g/mol. The second-order valence-corrected chi connectivity index (χ2v) is 5.89. The highest BCUT2D eigenvalue weighted by molar-refractivity contribution is 5.30. The molecule has 0 saturated heterocycles. The van der Waals surface area contributed by atoms with Gasteiger partial charge in [0.25, 0.3) is 0 Å². The van der Waals surface area contributed by atoms with Crippen LogP contribution >= 0.6 is 0 Å². The highest BCUT2D eigenvalue weighted by atomic mass is 16.5. The van der Waals surface area contributed by atoms with Crippen molar-refractivity contribution in [2.75, 3.05) is 6.54 Å². The largest absolute Gasteiger partial charge is 0.490 e. The van der Waals surface area contributed by atoms with Gasteiger partial charge in [0.15, 0.2) is 0 Å². The van der Waals surface area contributed by atoms with Crippen molar-refractivity contribution in [3.8, 4) is 5.75 Å². The molecule has 1 atom stereocenters. The van der Waals surface area contributed by atoms with Crippen LogP contribution in [0.1, 0.15) is 64.5 Å². The van der Waals surface area contributed by atoms with Crippen molar-refractivity contribution in [3.63, 3.8) is 0 Å². The first-order chi connectivity index (χ1) is 9.78. The highest BCUT2D eigenvalue weighted by Crippen LogP contribution is 2.31. The lowest BCUT2D eigenvalue weighted by molar-refractivity contribution is 0.302. The quantitative estimate of drug-likeness (QED) is 0.705. The van der Waals surface area contributed by atoms with Crippen LogP contribution in [-0.4, -0.2) is 12.6 Å². The molecular formula is C18H29NO. The molecule has 1 fully saturated rings. The van der Waals surface area contributed by atoms with Crippen LogP contribution in [0.5, 0.6) is 5.75 Å². The van der Waals surface area contributed by atoms with Crippen molar-refractivity contribution in [2.24, 2.45) is 5.92 Å². The van der Waals surface area contributed by atoms with Gasteiger partial charge in [0.05, 0.1) is 6.10 Å². The standard InChI is InChI=1S/C18H29NO/c1-4-13-19-18(14(5-2)6-3)15-7-9-16(10-8-15)20-17-11-12-17/h7-10,14,17-19H,4-6,11-13H2,1-3H3. The van der Waals surface area contributed by atoms with E-state index in [4.69, 9.17) is 4.74 Å². The van der Waals surface area contributed by atoms with Gasteiger partial charge in [0.2, 0.25) is 0 Å². The molecule has 0 aromatic heterocycles. The summed E-state index contributed by atoms with van der Waals surface area (Å²) in [6.45, 7) is 7.89. The van der Waals surface area contributed by atoms with Gasteiger partial charge >= 0.3 is 0 Å². The van der Waals surface area contributed by atoms with Gasteiger partial charge in [-0.2, -0.15) is 0 Å². The Labute approximate surface area is 123 Å². The lowest BCUT2D eigenvalue weighted by Gasteiger charge is -2.27. The van der Waals surface area contributed by atoms with E-state index in [1.807, 2.05) is 0 Å². The number of ether oxygens (including phenoxy) is 1. The zero-order valence-corrected chi connectivity index (χ0v) is 13.2. The van der Waals surface area contributed by atoms with Gasteiger partial charge in [-0.05, 0) is 49.4 Å². The molecule has 1 unspecified atom stereocenters. The third-order valence-corrected chi connectivity index (χ3v) is 4.20. The van der Waals surface area contributed by atoms with Crippen LogP contribution in [0, 0.1) is 5.92 Å². The summed E-state index contributed by atoms with van der Waals surface area (Å²) >= 11 is 0. The molecule has 1 aromatic carbocycles. The van der Waals surface area contributed by atoms with Gasteiger partial charge in [-0.25, -0.2) is 0 Å². The first-order valence-corrected chi connectivity index (χ1v) is 8.28. The molecule has 1 N–H and O–H groups in total. The molecule has 0 heterocycles. The van der Waals surface area contributed by atoms with E-state index >= 15 is 0 Å². The van der Waals surface area contributed by atoms with Crippen LogP contribution < -0.4 is 10.1 Å². The summed E-state index contributed by atoms with van der Waals surface area (Å²) in [6.07, 6.45) is 6.54. The fourth-order valence-corrected chi connectivity index (χ4v) is 2.75. The van der Waals surface area contributed by atoms with E-state index < -0.39 is 0 Å². The summed E-state index contributed by atoms with van der Waals surface area (Å²) in [5, 5.41) is 3.72. The summed E-state index contributed by atoms with van der Waals surface area (Å²) in [7, 11) is 0. The number of benzene rings is 1. The predicted octanol–water partition coefficient (Wildman–Crippen LogP) is 4.70. The van der Waals surface area contributed by atoms with Crippen molar-refractivity contribution < 1.29 is 4.74 Å². The molecule has 1 aromatic rings. The van der Waals surface area contributed by atoms with Crippen LogP contribution in [-0.2, 0) is 0 Å². The van der Waals surface area contributed by atoms with E-state index in [-0.39, 0.29) is 0 Å². The topological polar surface area (TPSA) is 21.3 Å². The van der Waals surface area contributed by atoms with Gasteiger partial charge in [-0.1, -0.05) is 45.7 Å². The van der Waals surface area contributed by atoms with E-state index in [1.54, 1.807) is 0 Å². The summed E-state index contributed by atoms with van der Waals surface area (Å²) in [6, 6.07) is 9.22. The predicted molar refractivity (Wildman–Crippen MR) is 85.2 cm³/mol. The lowest BCUT2D eigenvalue weighted by atomic mass is 9.88. The van der Waals surface area contributed by atoms with Crippen molar-refractivity contribution in [1.82, 2.24) is 5.32 Å². The first-order valence-electron chi connectivity index (χ1n) is 8.28. The Morgan fingerprint density at radius 3 is 2.25 bits per heavy atom. The van der Waals surface area contributed by atoms with Gasteiger partial charge in [-0.15, -0.1) is 0 Å². The molecule has 112 valence electrons. The molecule has 1 aliphatic rings. The molecule has 2 rings (SSSR count). The maximum Gasteiger partial charge on any atom is 0.119 e. The molecule has 1 saturated carbocycles. The molecule has 0 amide bonds. The molecule has 2 nitrogen and oxygen atoms in total. The average Bonchev–Trinajstić information content (AvgIpc) is 3.28. The fraction of sp³-hybridized carbons (Fsp3) is 0.667. The SMILES string of the molecule is CCCNC(c1ccc(OC2CC2)cc1)C(CC)CC. The normalized spacial score (nSPS) is 16.4. The van der Waals surface area contributed by atoms with Crippen molar-refractivity contribution >= 4 is 0 Å². The zero-order chi connectivity index (χ0) is 14.4. The second kappa shape index (κ2) is 7.68. The van der Waals surface area contributed by atoms with E-state index in [1.165, 1.54) is 37.7 Å². The minimum Gasteiger partial charge on any atom is -0.490 e.